The number of carbonyl (C=O) groups is 4. The van der Waals surface area contributed by atoms with Gasteiger partial charge in [-0.25, -0.2) is 0 Å². The topological polar surface area (TPSA) is 98.8 Å². The molecular formula is C22H24N4O4. The summed E-state index contributed by atoms with van der Waals surface area (Å²) >= 11 is 0. The Hall–Kier alpha value is -3.52. The first-order chi connectivity index (χ1) is 14.4. The van der Waals surface area contributed by atoms with Gasteiger partial charge in [-0.2, -0.15) is 0 Å². The Kier molecular flexibility index (Phi) is 6.58. The van der Waals surface area contributed by atoms with Gasteiger partial charge in [0.1, 0.15) is 0 Å². The first-order valence-corrected chi connectivity index (χ1v) is 9.65. The Balaban J connectivity index is 1.54. The Bertz CT molecular complexity index is 952. The largest absolute Gasteiger partial charge is 0.351 e. The van der Waals surface area contributed by atoms with Crippen molar-refractivity contribution in [3.63, 3.8) is 0 Å². The van der Waals surface area contributed by atoms with E-state index in [9.17, 15) is 19.2 Å². The second-order valence-electron chi connectivity index (χ2n) is 7.25. The molecule has 0 bridgehead atoms. The number of hydrogen-bond acceptors (Lipinski definition) is 5. The summed E-state index contributed by atoms with van der Waals surface area (Å²) in [7, 11) is 3.84. The quantitative estimate of drug-likeness (QED) is 0.647. The number of hydrogen-bond donors (Lipinski definition) is 2. The van der Waals surface area contributed by atoms with Crippen LogP contribution < -0.4 is 10.6 Å². The molecule has 8 heteroatoms. The van der Waals surface area contributed by atoms with Crippen molar-refractivity contribution in [1.29, 1.82) is 0 Å². The molecule has 0 saturated carbocycles. The molecule has 3 rings (SSSR count). The molecule has 1 heterocycles. The highest BCUT2D eigenvalue weighted by atomic mass is 16.2. The van der Waals surface area contributed by atoms with Gasteiger partial charge in [0.25, 0.3) is 17.7 Å². The Morgan fingerprint density at radius 2 is 1.63 bits per heavy atom. The Morgan fingerprint density at radius 3 is 2.27 bits per heavy atom. The number of carbonyl (C=O) groups excluding carboxylic acids is 4. The van der Waals surface area contributed by atoms with E-state index in [1.54, 1.807) is 48.5 Å². The number of nitrogens with one attached hydrogen (secondary N) is 2. The minimum atomic E-state index is -0.389. The van der Waals surface area contributed by atoms with Gasteiger partial charge in [0, 0.05) is 37.3 Å². The van der Waals surface area contributed by atoms with E-state index in [-0.39, 0.29) is 36.6 Å². The fourth-order valence-corrected chi connectivity index (χ4v) is 3.11. The van der Waals surface area contributed by atoms with Crippen molar-refractivity contribution < 1.29 is 19.2 Å². The van der Waals surface area contributed by atoms with E-state index in [1.165, 1.54) is 0 Å². The lowest BCUT2D eigenvalue weighted by Crippen LogP contribution is -2.33. The average Bonchev–Trinajstić information content (AvgIpc) is 2.96. The molecule has 0 aromatic heterocycles. The maximum absolute atomic E-state index is 12.4. The highest BCUT2D eigenvalue weighted by Gasteiger charge is 2.34. The van der Waals surface area contributed by atoms with Crippen molar-refractivity contribution >= 4 is 29.3 Å². The van der Waals surface area contributed by atoms with Crippen molar-refractivity contribution in [2.75, 3.05) is 39.0 Å². The standard InChI is InChI=1S/C22H24N4O4/c1-25(2)13-11-23-20(28)15-6-5-7-16(14-15)24-19(27)10-12-26-21(29)17-8-3-4-9-18(17)22(26)30/h3-9,14H,10-13H2,1-2H3,(H,23,28)(H,24,27). The first kappa shape index (κ1) is 21.2. The number of fused-ring (bicyclic) bond motifs is 1. The molecule has 8 nitrogen and oxygen atoms in total. The fourth-order valence-electron chi connectivity index (χ4n) is 3.11. The third-order valence-corrected chi connectivity index (χ3v) is 4.69. The molecular weight excluding hydrogens is 384 g/mol. The normalized spacial score (nSPS) is 12.8. The summed E-state index contributed by atoms with van der Waals surface area (Å²) in [4.78, 5) is 52.3. The summed E-state index contributed by atoms with van der Waals surface area (Å²) in [6, 6.07) is 13.2. The van der Waals surface area contributed by atoms with Gasteiger partial charge in [-0.05, 0) is 44.4 Å². The molecule has 1 aliphatic heterocycles. The van der Waals surface area contributed by atoms with Crippen LogP contribution in [0.4, 0.5) is 5.69 Å². The van der Waals surface area contributed by atoms with Gasteiger partial charge in [0.05, 0.1) is 11.1 Å². The fraction of sp³-hybridized carbons (Fsp3) is 0.273. The van der Waals surface area contributed by atoms with Crippen molar-refractivity contribution in [2.45, 2.75) is 6.42 Å². The van der Waals surface area contributed by atoms with E-state index in [1.807, 2.05) is 19.0 Å². The third-order valence-electron chi connectivity index (χ3n) is 4.69. The van der Waals surface area contributed by atoms with Crippen LogP contribution >= 0.6 is 0 Å². The molecule has 1 aliphatic rings. The molecule has 0 spiro atoms. The summed E-state index contributed by atoms with van der Waals surface area (Å²) in [6.07, 6.45) is -0.0370. The summed E-state index contributed by atoms with van der Waals surface area (Å²) in [5, 5.41) is 5.53. The second-order valence-corrected chi connectivity index (χ2v) is 7.25. The van der Waals surface area contributed by atoms with Crippen LogP contribution in [0.15, 0.2) is 48.5 Å². The summed E-state index contributed by atoms with van der Waals surface area (Å²) in [6.45, 7) is 1.23. The Morgan fingerprint density at radius 1 is 0.967 bits per heavy atom. The minimum Gasteiger partial charge on any atom is -0.351 e. The molecule has 0 unspecified atom stereocenters. The van der Waals surface area contributed by atoms with Crippen molar-refractivity contribution in [3.05, 3.63) is 65.2 Å². The summed E-state index contributed by atoms with van der Waals surface area (Å²) in [5.41, 5.74) is 1.63. The molecule has 0 radical (unpaired) electrons. The van der Waals surface area contributed by atoms with Gasteiger partial charge in [0.15, 0.2) is 0 Å². The van der Waals surface area contributed by atoms with E-state index in [0.29, 0.717) is 28.9 Å². The predicted octanol–water partition coefficient (Wildman–Crippen LogP) is 1.60. The SMILES string of the molecule is CN(C)CCNC(=O)c1cccc(NC(=O)CCN2C(=O)c3ccccc3C2=O)c1. The van der Waals surface area contributed by atoms with E-state index >= 15 is 0 Å². The predicted molar refractivity (Wildman–Crippen MR) is 112 cm³/mol. The number of benzene rings is 2. The lowest BCUT2D eigenvalue weighted by Gasteiger charge is -2.14. The molecule has 2 aromatic rings. The number of anilines is 1. The zero-order valence-corrected chi connectivity index (χ0v) is 17.0. The molecule has 4 amide bonds. The van der Waals surface area contributed by atoms with Gasteiger partial charge < -0.3 is 15.5 Å². The van der Waals surface area contributed by atoms with Gasteiger partial charge in [-0.1, -0.05) is 18.2 Å². The zero-order valence-electron chi connectivity index (χ0n) is 17.0. The van der Waals surface area contributed by atoms with Crippen LogP contribution in [0.25, 0.3) is 0 Å². The molecule has 30 heavy (non-hydrogen) atoms. The Labute approximate surface area is 174 Å². The van der Waals surface area contributed by atoms with Crippen LogP contribution in [0.3, 0.4) is 0 Å². The van der Waals surface area contributed by atoms with Gasteiger partial charge in [-0.15, -0.1) is 0 Å². The highest BCUT2D eigenvalue weighted by Crippen LogP contribution is 2.22. The van der Waals surface area contributed by atoms with Gasteiger partial charge in [0.2, 0.25) is 5.91 Å². The summed E-state index contributed by atoms with van der Waals surface area (Å²) in [5.74, 6) is -1.35. The number of amides is 4. The molecule has 0 atom stereocenters. The lowest BCUT2D eigenvalue weighted by atomic mass is 10.1. The lowest BCUT2D eigenvalue weighted by molar-refractivity contribution is -0.116. The molecule has 0 saturated heterocycles. The maximum Gasteiger partial charge on any atom is 0.261 e. The van der Waals surface area contributed by atoms with Crippen molar-refractivity contribution in [1.82, 2.24) is 15.1 Å². The van der Waals surface area contributed by atoms with E-state index in [0.717, 1.165) is 11.4 Å². The first-order valence-electron chi connectivity index (χ1n) is 9.65. The average molecular weight is 408 g/mol. The van der Waals surface area contributed by atoms with Crippen molar-refractivity contribution in [3.8, 4) is 0 Å². The third kappa shape index (κ3) is 4.90. The van der Waals surface area contributed by atoms with Gasteiger partial charge in [-0.3, -0.25) is 24.1 Å². The smallest absolute Gasteiger partial charge is 0.261 e. The van der Waals surface area contributed by atoms with Crippen LogP contribution in [-0.2, 0) is 4.79 Å². The van der Waals surface area contributed by atoms with Crippen LogP contribution in [-0.4, -0.2) is 67.2 Å². The maximum atomic E-state index is 12.4. The zero-order chi connectivity index (χ0) is 21.7. The number of likely N-dealkylation sites (N-methyl/N-ethyl adjacent to an activating group) is 1. The number of rotatable bonds is 8. The summed E-state index contributed by atoms with van der Waals surface area (Å²) < 4.78 is 0. The molecule has 156 valence electrons. The minimum absolute atomic E-state index is 0.0110. The van der Waals surface area contributed by atoms with Crippen LogP contribution in [0.5, 0.6) is 0 Å². The van der Waals surface area contributed by atoms with Crippen LogP contribution in [0.1, 0.15) is 37.5 Å². The molecule has 0 fully saturated rings. The van der Waals surface area contributed by atoms with Crippen LogP contribution in [0.2, 0.25) is 0 Å². The van der Waals surface area contributed by atoms with E-state index in [4.69, 9.17) is 0 Å². The van der Waals surface area contributed by atoms with Gasteiger partial charge >= 0.3 is 0 Å². The molecule has 0 aliphatic carbocycles. The second kappa shape index (κ2) is 9.32. The van der Waals surface area contributed by atoms with Crippen LogP contribution in [0, 0.1) is 0 Å². The van der Waals surface area contributed by atoms with E-state index < -0.39 is 0 Å². The number of nitrogens with zero attached hydrogens (tertiary/aromatic N) is 2. The molecule has 2 aromatic carbocycles. The highest BCUT2D eigenvalue weighted by molar-refractivity contribution is 6.21. The van der Waals surface area contributed by atoms with Crippen molar-refractivity contribution in [2.24, 2.45) is 0 Å². The molecule has 2 N–H and O–H groups in total. The monoisotopic (exact) mass is 408 g/mol. The van der Waals surface area contributed by atoms with E-state index in [2.05, 4.69) is 10.6 Å². The number of imide groups is 1.